The number of benzene rings is 1. The third-order valence-corrected chi connectivity index (χ3v) is 3.86. The Morgan fingerprint density at radius 3 is 2.65 bits per heavy atom. The molecule has 0 aliphatic carbocycles. The standard InChI is InChI=1S/C17H27N3/c1-4-9-14(6-3)18-13-17-19-15-10-7-8-11-16(15)20(17)12-5-2/h7-8,10-11,14,18H,4-6,9,12-13H2,1-3H3. The number of hydrogen-bond acceptors (Lipinski definition) is 2. The number of aromatic nitrogens is 2. The number of nitrogens with one attached hydrogen (secondary N) is 1. The van der Waals surface area contributed by atoms with Crippen LogP contribution in [-0.2, 0) is 13.1 Å². The predicted molar refractivity (Wildman–Crippen MR) is 85.9 cm³/mol. The summed E-state index contributed by atoms with van der Waals surface area (Å²) in [5.74, 6) is 1.17. The fraction of sp³-hybridized carbons (Fsp3) is 0.588. The summed E-state index contributed by atoms with van der Waals surface area (Å²) < 4.78 is 2.36. The molecule has 0 amide bonds. The van der Waals surface area contributed by atoms with Gasteiger partial charge in [0.05, 0.1) is 17.6 Å². The fourth-order valence-electron chi connectivity index (χ4n) is 2.77. The molecule has 1 N–H and O–H groups in total. The maximum absolute atomic E-state index is 4.80. The Morgan fingerprint density at radius 2 is 1.95 bits per heavy atom. The van der Waals surface area contributed by atoms with Crippen molar-refractivity contribution in [2.45, 2.75) is 65.6 Å². The minimum Gasteiger partial charge on any atom is -0.327 e. The van der Waals surface area contributed by atoms with E-state index in [4.69, 9.17) is 4.98 Å². The summed E-state index contributed by atoms with van der Waals surface area (Å²) in [7, 11) is 0. The second kappa shape index (κ2) is 7.44. The van der Waals surface area contributed by atoms with Gasteiger partial charge in [-0.15, -0.1) is 0 Å². The molecule has 2 aromatic rings. The molecule has 1 unspecified atom stereocenters. The molecule has 2 rings (SSSR count). The van der Waals surface area contributed by atoms with E-state index in [2.05, 4.69) is 54.9 Å². The number of aryl methyl sites for hydroxylation is 1. The number of rotatable bonds is 8. The maximum atomic E-state index is 4.80. The minimum absolute atomic E-state index is 0.606. The zero-order chi connectivity index (χ0) is 14.4. The van der Waals surface area contributed by atoms with Gasteiger partial charge in [0, 0.05) is 12.6 Å². The average molecular weight is 273 g/mol. The monoisotopic (exact) mass is 273 g/mol. The third kappa shape index (κ3) is 3.40. The van der Waals surface area contributed by atoms with Crippen molar-refractivity contribution >= 4 is 11.0 Å². The van der Waals surface area contributed by atoms with E-state index in [0.717, 1.165) is 25.0 Å². The van der Waals surface area contributed by atoms with Crippen molar-refractivity contribution in [3.8, 4) is 0 Å². The van der Waals surface area contributed by atoms with E-state index in [1.54, 1.807) is 0 Å². The average Bonchev–Trinajstić information content (AvgIpc) is 2.82. The first-order chi connectivity index (χ1) is 9.80. The van der Waals surface area contributed by atoms with Crippen LogP contribution in [0.2, 0.25) is 0 Å². The molecular formula is C17H27N3. The summed E-state index contributed by atoms with van der Waals surface area (Å²) in [4.78, 5) is 4.80. The van der Waals surface area contributed by atoms with Crippen molar-refractivity contribution < 1.29 is 0 Å². The van der Waals surface area contributed by atoms with Gasteiger partial charge in [0.25, 0.3) is 0 Å². The molecule has 1 heterocycles. The van der Waals surface area contributed by atoms with Crippen molar-refractivity contribution in [3.63, 3.8) is 0 Å². The largest absolute Gasteiger partial charge is 0.327 e. The van der Waals surface area contributed by atoms with Crippen LogP contribution in [0.15, 0.2) is 24.3 Å². The summed E-state index contributed by atoms with van der Waals surface area (Å²) >= 11 is 0. The van der Waals surface area contributed by atoms with Crippen LogP contribution in [-0.4, -0.2) is 15.6 Å². The molecule has 0 saturated carbocycles. The molecule has 0 saturated heterocycles. The fourth-order valence-corrected chi connectivity index (χ4v) is 2.77. The number of hydrogen-bond donors (Lipinski definition) is 1. The van der Waals surface area contributed by atoms with Crippen molar-refractivity contribution in [1.29, 1.82) is 0 Å². The SMILES string of the molecule is CCCC(CC)NCc1nc2ccccc2n1CCC. The van der Waals surface area contributed by atoms with Crippen LogP contribution < -0.4 is 5.32 Å². The van der Waals surface area contributed by atoms with Crippen LogP contribution in [0.4, 0.5) is 0 Å². The molecule has 3 nitrogen and oxygen atoms in total. The van der Waals surface area contributed by atoms with E-state index in [1.165, 1.54) is 30.6 Å². The molecule has 1 atom stereocenters. The molecule has 3 heteroatoms. The van der Waals surface area contributed by atoms with Crippen molar-refractivity contribution in [3.05, 3.63) is 30.1 Å². The minimum atomic E-state index is 0.606. The van der Waals surface area contributed by atoms with Gasteiger partial charge in [-0.05, 0) is 31.4 Å². The smallest absolute Gasteiger partial charge is 0.123 e. The number of fused-ring (bicyclic) bond motifs is 1. The molecule has 0 aliphatic heterocycles. The molecular weight excluding hydrogens is 246 g/mol. The molecule has 0 bridgehead atoms. The Bertz CT molecular complexity index is 530. The second-order valence-corrected chi connectivity index (χ2v) is 5.44. The Morgan fingerprint density at radius 1 is 1.15 bits per heavy atom. The highest BCUT2D eigenvalue weighted by atomic mass is 15.1. The number of para-hydroxylation sites is 2. The van der Waals surface area contributed by atoms with Gasteiger partial charge in [-0.1, -0.05) is 39.3 Å². The van der Waals surface area contributed by atoms with E-state index in [9.17, 15) is 0 Å². The Kier molecular flexibility index (Phi) is 5.60. The Hall–Kier alpha value is -1.35. The van der Waals surface area contributed by atoms with Crippen LogP contribution in [0, 0.1) is 0 Å². The molecule has 0 spiro atoms. The van der Waals surface area contributed by atoms with Gasteiger partial charge in [0.2, 0.25) is 0 Å². The van der Waals surface area contributed by atoms with Crippen molar-refractivity contribution in [1.82, 2.24) is 14.9 Å². The van der Waals surface area contributed by atoms with Crippen LogP contribution in [0.5, 0.6) is 0 Å². The summed E-state index contributed by atoms with van der Waals surface area (Å²) in [5, 5.41) is 3.66. The summed E-state index contributed by atoms with van der Waals surface area (Å²) in [6.07, 6.45) is 4.79. The van der Waals surface area contributed by atoms with E-state index < -0.39 is 0 Å². The molecule has 20 heavy (non-hydrogen) atoms. The van der Waals surface area contributed by atoms with Crippen molar-refractivity contribution in [2.75, 3.05) is 0 Å². The van der Waals surface area contributed by atoms with Crippen LogP contribution >= 0.6 is 0 Å². The van der Waals surface area contributed by atoms with Gasteiger partial charge in [-0.3, -0.25) is 0 Å². The highest BCUT2D eigenvalue weighted by Gasteiger charge is 2.11. The van der Waals surface area contributed by atoms with Gasteiger partial charge in [-0.25, -0.2) is 4.98 Å². The lowest BCUT2D eigenvalue weighted by molar-refractivity contribution is 0.449. The number of imidazole rings is 1. The highest BCUT2D eigenvalue weighted by Crippen LogP contribution is 2.17. The maximum Gasteiger partial charge on any atom is 0.123 e. The van der Waals surface area contributed by atoms with E-state index in [-0.39, 0.29) is 0 Å². The van der Waals surface area contributed by atoms with E-state index in [0.29, 0.717) is 6.04 Å². The highest BCUT2D eigenvalue weighted by molar-refractivity contribution is 5.75. The molecule has 0 radical (unpaired) electrons. The predicted octanol–water partition coefficient (Wildman–Crippen LogP) is 4.11. The summed E-state index contributed by atoms with van der Waals surface area (Å²) in [6.45, 7) is 8.63. The molecule has 1 aromatic heterocycles. The van der Waals surface area contributed by atoms with Gasteiger partial charge >= 0.3 is 0 Å². The van der Waals surface area contributed by atoms with Gasteiger partial charge in [-0.2, -0.15) is 0 Å². The number of nitrogens with zero attached hydrogens (tertiary/aromatic N) is 2. The van der Waals surface area contributed by atoms with Crippen LogP contribution in [0.3, 0.4) is 0 Å². The molecule has 0 fully saturated rings. The Labute approximate surface area is 122 Å². The molecule has 1 aromatic carbocycles. The zero-order valence-electron chi connectivity index (χ0n) is 13.0. The van der Waals surface area contributed by atoms with Crippen LogP contribution in [0.1, 0.15) is 52.3 Å². The first-order valence-electron chi connectivity index (χ1n) is 7.97. The summed E-state index contributed by atoms with van der Waals surface area (Å²) in [5.41, 5.74) is 2.37. The first kappa shape index (κ1) is 15.0. The first-order valence-corrected chi connectivity index (χ1v) is 7.97. The normalized spacial score (nSPS) is 12.9. The molecule has 110 valence electrons. The zero-order valence-corrected chi connectivity index (χ0v) is 13.0. The Balaban J connectivity index is 2.17. The van der Waals surface area contributed by atoms with E-state index >= 15 is 0 Å². The lowest BCUT2D eigenvalue weighted by atomic mass is 10.1. The van der Waals surface area contributed by atoms with Crippen LogP contribution in [0.25, 0.3) is 11.0 Å². The third-order valence-electron chi connectivity index (χ3n) is 3.86. The molecule has 0 aliphatic rings. The van der Waals surface area contributed by atoms with Gasteiger partial charge in [0.15, 0.2) is 0 Å². The van der Waals surface area contributed by atoms with Crippen molar-refractivity contribution in [2.24, 2.45) is 0 Å². The second-order valence-electron chi connectivity index (χ2n) is 5.44. The lowest BCUT2D eigenvalue weighted by Gasteiger charge is -2.16. The lowest BCUT2D eigenvalue weighted by Crippen LogP contribution is -2.29. The quantitative estimate of drug-likeness (QED) is 0.784. The topological polar surface area (TPSA) is 29.9 Å². The van der Waals surface area contributed by atoms with Gasteiger partial charge in [0.1, 0.15) is 5.82 Å². The van der Waals surface area contributed by atoms with Gasteiger partial charge < -0.3 is 9.88 Å². The van der Waals surface area contributed by atoms with E-state index in [1.807, 2.05) is 0 Å². The summed E-state index contributed by atoms with van der Waals surface area (Å²) in [6, 6.07) is 9.04.